The van der Waals surface area contributed by atoms with Gasteiger partial charge in [0.25, 0.3) is 0 Å². The minimum atomic E-state index is -2.27. The smallest absolute Gasteiger partial charge is 0.335 e. The van der Waals surface area contributed by atoms with Gasteiger partial charge in [-0.05, 0) is 12.1 Å². The van der Waals surface area contributed by atoms with Gasteiger partial charge in [0.2, 0.25) is 0 Å². The number of phenolic OH excluding ortho intramolecular Hbond substituents is 1. The van der Waals surface area contributed by atoms with E-state index in [1.54, 1.807) is 18.2 Å². The Hall–Kier alpha value is -2.42. The maximum Gasteiger partial charge on any atom is 0.335 e. The number of para-hydroxylation sites is 1. The Balaban J connectivity index is 2.02. The summed E-state index contributed by atoms with van der Waals surface area (Å²) in [5.74, 6) is -2.49. The molecule has 2 rings (SSSR count). The predicted molar refractivity (Wildman–Crippen MR) is 80.9 cm³/mol. The Labute approximate surface area is 137 Å². The van der Waals surface area contributed by atoms with Gasteiger partial charge in [-0.2, -0.15) is 0 Å². The highest BCUT2D eigenvalue weighted by Gasteiger charge is 2.50. The molecule has 0 aromatic heterocycles. The van der Waals surface area contributed by atoms with Gasteiger partial charge >= 0.3 is 11.9 Å². The van der Waals surface area contributed by atoms with Gasteiger partial charge in [-0.25, -0.2) is 9.59 Å². The lowest BCUT2D eigenvalue weighted by Gasteiger charge is -2.39. The van der Waals surface area contributed by atoms with E-state index in [4.69, 9.17) is 9.84 Å². The SMILES string of the molecule is O=C(/C=C/c1ccccc1O)OC1[C@H](O)CC(O)(C(=O)O)C[C@H]1O. The van der Waals surface area contributed by atoms with Crippen molar-refractivity contribution in [1.82, 2.24) is 0 Å². The molecule has 8 heteroatoms. The third-order valence-electron chi connectivity index (χ3n) is 3.84. The fourth-order valence-corrected chi connectivity index (χ4v) is 2.56. The predicted octanol–water partition coefficient (Wildman–Crippen LogP) is -0.352. The van der Waals surface area contributed by atoms with Crippen molar-refractivity contribution in [2.45, 2.75) is 36.8 Å². The van der Waals surface area contributed by atoms with E-state index < -0.39 is 48.7 Å². The van der Waals surface area contributed by atoms with Crippen LogP contribution in [-0.2, 0) is 14.3 Å². The van der Waals surface area contributed by atoms with Crippen LogP contribution < -0.4 is 0 Å². The Bertz CT molecular complexity index is 641. The number of aliphatic hydroxyl groups excluding tert-OH is 2. The molecule has 1 aliphatic rings. The van der Waals surface area contributed by atoms with Gasteiger partial charge in [-0.3, -0.25) is 0 Å². The van der Waals surface area contributed by atoms with E-state index in [2.05, 4.69) is 0 Å². The fraction of sp³-hybridized carbons (Fsp3) is 0.375. The van der Waals surface area contributed by atoms with E-state index in [1.807, 2.05) is 0 Å². The van der Waals surface area contributed by atoms with Gasteiger partial charge in [-0.15, -0.1) is 0 Å². The average molecular weight is 338 g/mol. The maximum atomic E-state index is 11.8. The molecule has 1 aromatic rings. The first-order valence-electron chi connectivity index (χ1n) is 7.21. The number of esters is 1. The summed E-state index contributed by atoms with van der Waals surface area (Å²) in [5, 5.41) is 48.1. The van der Waals surface area contributed by atoms with Gasteiger partial charge in [-0.1, -0.05) is 18.2 Å². The number of carboxylic acids is 1. The normalized spacial score (nSPS) is 30.2. The number of hydrogen-bond donors (Lipinski definition) is 5. The number of carbonyl (C=O) groups is 2. The van der Waals surface area contributed by atoms with Crippen molar-refractivity contribution in [2.24, 2.45) is 0 Å². The Morgan fingerprint density at radius 1 is 1.17 bits per heavy atom. The van der Waals surface area contributed by atoms with Gasteiger partial charge in [0.15, 0.2) is 11.7 Å². The first-order chi connectivity index (χ1) is 11.2. The fourth-order valence-electron chi connectivity index (χ4n) is 2.56. The van der Waals surface area contributed by atoms with E-state index in [-0.39, 0.29) is 5.75 Å². The second-order valence-electron chi connectivity index (χ2n) is 5.67. The zero-order valence-electron chi connectivity index (χ0n) is 12.6. The highest BCUT2D eigenvalue weighted by atomic mass is 16.6. The van der Waals surface area contributed by atoms with E-state index in [0.29, 0.717) is 5.56 Å². The van der Waals surface area contributed by atoms with Crippen molar-refractivity contribution in [3.63, 3.8) is 0 Å². The molecule has 1 aliphatic carbocycles. The molecule has 0 bridgehead atoms. The lowest BCUT2D eigenvalue weighted by Crippen LogP contribution is -2.57. The Morgan fingerprint density at radius 3 is 2.29 bits per heavy atom. The number of carbonyl (C=O) groups excluding carboxylic acids is 1. The minimum absolute atomic E-state index is 0.0363. The molecule has 8 nitrogen and oxygen atoms in total. The van der Waals surface area contributed by atoms with Crippen LogP contribution in [0.2, 0.25) is 0 Å². The summed E-state index contributed by atoms with van der Waals surface area (Å²) in [6.07, 6.45) is -3.25. The molecule has 1 fully saturated rings. The molecule has 0 heterocycles. The standard InChI is InChI=1S/C16H18O8/c17-10-4-2-1-3-9(10)5-6-13(20)24-14-11(18)7-16(23,15(21)22)8-12(14)19/h1-6,11-12,14,17-19,23H,7-8H2,(H,21,22)/b6-5+/t11-,12-,14?,16?/m1/s1. The van der Waals surface area contributed by atoms with Crippen molar-refractivity contribution >= 4 is 18.0 Å². The van der Waals surface area contributed by atoms with Crippen molar-refractivity contribution in [3.05, 3.63) is 35.9 Å². The molecule has 130 valence electrons. The second-order valence-corrected chi connectivity index (χ2v) is 5.67. The summed E-state index contributed by atoms with van der Waals surface area (Å²) in [4.78, 5) is 22.8. The number of rotatable bonds is 4. The lowest BCUT2D eigenvalue weighted by molar-refractivity contribution is -0.196. The van der Waals surface area contributed by atoms with Gasteiger partial charge in [0, 0.05) is 24.5 Å². The number of benzene rings is 1. The van der Waals surface area contributed by atoms with Crippen molar-refractivity contribution < 1.29 is 39.9 Å². The van der Waals surface area contributed by atoms with Crippen LogP contribution in [0.15, 0.2) is 30.3 Å². The second kappa shape index (κ2) is 7.00. The van der Waals surface area contributed by atoms with E-state index in [1.165, 1.54) is 12.1 Å². The molecule has 0 aliphatic heterocycles. The molecular weight excluding hydrogens is 320 g/mol. The van der Waals surface area contributed by atoms with E-state index >= 15 is 0 Å². The van der Waals surface area contributed by atoms with E-state index in [9.17, 15) is 30.0 Å². The molecule has 24 heavy (non-hydrogen) atoms. The Kier molecular flexibility index (Phi) is 5.23. The van der Waals surface area contributed by atoms with Crippen LogP contribution >= 0.6 is 0 Å². The maximum absolute atomic E-state index is 11.8. The summed E-state index contributed by atoms with van der Waals surface area (Å²) in [6, 6.07) is 6.28. The molecule has 0 unspecified atom stereocenters. The third-order valence-corrected chi connectivity index (χ3v) is 3.84. The third kappa shape index (κ3) is 3.91. The average Bonchev–Trinajstić information content (AvgIpc) is 2.50. The highest BCUT2D eigenvalue weighted by Crippen LogP contribution is 2.31. The molecule has 1 saturated carbocycles. The number of aliphatic hydroxyl groups is 3. The van der Waals surface area contributed by atoms with Crippen LogP contribution in [0.25, 0.3) is 6.08 Å². The monoisotopic (exact) mass is 338 g/mol. The number of aliphatic carboxylic acids is 1. The van der Waals surface area contributed by atoms with Gasteiger partial charge in [0.05, 0.1) is 12.2 Å². The lowest BCUT2D eigenvalue weighted by atomic mass is 9.79. The molecule has 0 radical (unpaired) electrons. The van der Waals surface area contributed by atoms with Crippen molar-refractivity contribution in [3.8, 4) is 5.75 Å². The molecule has 1 aromatic carbocycles. The summed E-state index contributed by atoms with van der Waals surface area (Å²) < 4.78 is 4.94. The van der Waals surface area contributed by atoms with Crippen LogP contribution in [0.3, 0.4) is 0 Å². The number of phenols is 1. The molecule has 5 N–H and O–H groups in total. The summed E-state index contributed by atoms with van der Waals surface area (Å²) in [7, 11) is 0. The summed E-state index contributed by atoms with van der Waals surface area (Å²) in [6.45, 7) is 0. The number of hydrogen-bond acceptors (Lipinski definition) is 7. The van der Waals surface area contributed by atoms with Crippen LogP contribution in [0.5, 0.6) is 5.75 Å². The van der Waals surface area contributed by atoms with Crippen LogP contribution in [0, 0.1) is 0 Å². The zero-order valence-corrected chi connectivity index (χ0v) is 12.6. The molecular formula is C16H18O8. The number of aromatic hydroxyl groups is 1. The summed E-state index contributed by atoms with van der Waals surface area (Å²) in [5.41, 5.74) is -1.90. The number of ether oxygens (including phenoxy) is 1. The van der Waals surface area contributed by atoms with Crippen LogP contribution in [0.1, 0.15) is 18.4 Å². The first kappa shape index (κ1) is 17.9. The minimum Gasteiger partial charge on any atom is -0.507 e. The van der Waals surface area contributed by atoms with Crippen molar-refractivity contribution in [1.29, 1.82) is 0 Å². The van der Waals surface area contributed by atoms with Crippen LogP contribution in [0.4, 0.5) is 0 Å². The Morgan fingerprint density at radius 2 is 1.75 bits per heavy atom. The van der Waals surface area contributed by atoms with Crippen molar-refractivity contribution in [2.75, 3.05) is 0 Å². The molecule has 0 saturated heterocycles. The molecule has 2 atom stereocenters. The van der Waals surface area contributed by atoms with Gasteiger partial charge in [0.1, 0.15) is 5.75 Å². The first-order valence-corrected chi connectivity index (χ1v) is 7.21. The van der Waals surface area contributed by atoms with Crippen LogP contribution in [-0.4, -0.2) is 61.4 Å². The summed E-state index contributed by atoms with van der Waals surface area (Å²) >= 11 is 0. The topological polar surface area (TPSA) is 145 Å². The molecule has 0 spiro atoms. The molecule has 0 amide bonds. The largest absolute Gasteiger partial charge is 0.507 e. The van der Waals surface area contributed by atoms with Gasteiger partial charge < -0.3 is 30.3 Å². The zero-order chi connectivity index (χ0) is 17.9. The quantitative estimate of drug-likeness (QED) is 0.370. The van der Waals surface area contributed by atoms with E-state index in [0.717, 1.165) is 6.08 Å². The number of carboxylic acid groups (broad SMARTS) is 1. The highest BCUT2D eigenvalue weighted by molar-refractivity contribution is 5.87.